The molecule has 1 aromatic carbocycles. The number of ketones is 1. The standard InChI is InChI=1S/C22H27N3O2/c1-16(26)18-7-3-8-19(13-18)22(27)25-11-4-9-20(15-25)21-23-10-12-24(21)14-17-5-2-6-17/h3,7-8,10,12-13,17,20H,2,4-6,9,11,14-15H2,1H3. The Morgan fingerprint density at radius 3 is 2.70 bits per heavy atom. The van der Waals surface area contributed by atoms with Crippen LogP contribution in [0.1, 0.15) is 71.5 Å². The van der Waals surface area contributed by atoms with E-state index >= 15 is 0 Å². The maximum atomic E-state index is 13.0. The largest absolute Gasteiger partial charge is 0.338 e. The minimum absolute atomic E-state index is 0.0138. The van der Waals surface area contributed by atoms with Gasteiger partial charge in [0.1, 0.15) is 5.82 Å². The number of nitrogens with zero attached hydrogens (tertiary/aromatic N) is 3. The summed E-state index contributed by atoms with van der Waals surface area (Å²) in [6, 6.07) is 7.06. The molecule has 0 spiro atoms. The molecule has 2 heterocycles. The first-order valence-electron chi connectivity index (χ1n) is 10.0. The highest BCUT2D eigenvalue weighted by molar-refractivity contribution is 5.99. The third-order valence-electron chi connectivity index (χ3n) is 6.02. The maximum absolute atomic E-state index is 13.0. The fourth-order valence-corrected chi connectivity index (χ4v) is 4.21. The number of likely N-dealkylation sites (tertiary alicyclic amines) is 1. The first kappa shape index (κ1) is 18.0. The predicted molar refractivity (Wildman–Crippen MR) is 104 cm³/mol. The van der Waals surface area contributed by atoms with E-state index in [1.165, 1.54) is 26.2 Å². The van der Waals surface area contributed by atoms with E-state index < -0.39 is 0 Å². The second-order valence-corrected chi connectivity index (χ2v) is 7.96. The molecule has 1 atom stereocenters. The molecule has 1 aliphatic heterocycles. The van der Waals surface area contributed by atoms with Gasteiger partial charge in [0.25, 0.3) is 5.91 Å². The summed E-state index contributed by atoms with van der Waals surface area (Å²) < 4.78 is 2.30. The van der Waals surface area contributed by atoms with E-state index in [9.17, 15) is 9.59 Å². The number of imidazole rings is 1. The van der Waals surface area contributed by atoms with Crippen molar-refractivity contribution in [2.24, 2.45) is 5.92 Å². The normalized spacial score (nSPS) is 20.3. The summed E-state index contributed by atoms with van der Waals surface area (Å²) in [7, 11) is 0. The van der Waals surface area contributed by atoms with Crippen LogP contribution in [0.15, 0.2) is 36.7 Å². The molecule has 2 aliphatic rings. The minimum atomic E-state index is -0.0146. The lowest BCUT2D eigenvalue weighted by Gasteiger charge is -2.34. The Bertz CT molecular complexity index is 838. The maximum Gasteiger partial charge on any atom is 0.253 e. The van der Waals surface area contributed by atoms with Crippen LogP contribution in [0, 0.1) is 5.92 Å². The van der Waals surface area contributed by atoms with Crippen LogP contribution < -0.4 is 0 Å². The van der Waals surface area contributed by atoms with Crippen molar-refractivity contribution in [2.45, 2.75) is 51.5 Å². The van der Waals surface area contributed by atoms with Crippen LogP contribution in [0.25, 0.3) is 0 Å². The monoisotopic (exact) mass is 365 g/mol. The molecule has 27 heavy (non-hydrogen) atoms. The highest BCUT2D eigenvalue weighted by Gasteiger charge is 2.29. The topological polar surface area (TPSA) is 55.2 Å². The molecule has 5 heteroatoms. The number of rotatable bonds is 5. The van der Waals surface area contributed by atoms with E-state index in [4.69, 9.17) is 0 Å². The van der Waals surface area contributed by atoms with Gasteiger partial charge in [-0.3, -0.25) is 9.59 Å². The summed E-state index contributed by atoms with van der Waals surface area (Å²) in [5.41, 5.74) is 1.19. The van der Waals surface area contributed by atoms with Crippen LogP contribution in [-0.4, -0.2) is 39.2 Å². The lowest BCUT2D eigenvalue weighted by Crippen LogP contribution is -2.40. The molecular weight excluding hydrogens is 338 g/mol. The highest BCUT2D eigenvalue weighted by atomic mass is 16.2. The zero-order chi connectivity index (χ0) is 18.8. The molecule has 142 valence electrons. The lowest BCUT2D eigenvalue weighted by molar-refractivity contribution is 0.0702. The molecule has 1 aliphatic carbocycles. The summed E-state index contributed by atoms with van der Waals surface area (Å²) in [5, 5.41) is 0. The molecule has 2 aromatic rings. The van der Waals surface area contributed by atoms with E-state index in [2.05, 4.69) is 15.7 Å². The second kappa shape index (κ2) is 7.67. The Morgan fingerprint density at radius 2 is 1.96 bits per heavy atom. The summed E-state index contributed by atoms with van der Waals surface area (Å²) in [6.45, 7) is 4.05. The molecule has 0 N–H and O–H groups in total. The van der Waals surface area contributed by atoms with Crippen molar-refractivity contribution in [3.05, 3.63) is 53.6 Å². The number of Topliss-reactive ketones (excluding diaryl/α,β-unsaturated/α-hetero) is 1. The fourth-order valence-electron chi connectivity index (χ4n) is 4.21. The summed E-state index contributed by atoms with van der Waals surface area (Å²) in [5.74, 6) is 2.19. The molecule has 0 radical (unpaired) electrons. The van der Waals surface area contributed by atoms with E-state index in [0.717, 1.165) is 37.7 Å². The Hall–Kier alpha value is -2.43. The Kier molecular flexibility index (Phi) is 5.10. The number of piperidine rings is 1. The van der Waals surface area contributed by atoms with Crippen LogP contribution in [0.3, 0.4) is 0 Å². The summed E-state index contributed by atoms with van der Waals surface area (Å²) in [6.07, 6.45) is 10.0. The van der Waals surface area contributed by atoms with Gasteiger partial charge in [0.2, 0.25) is 0 Å². The first-order chi connectivity index (χ1) is 13.1. The molecule has 1 saturated carbocycles. The van der Waals surface area contributed by atoms with Crippen molar-refractivity contribution in [2.75, 3.05) is 13.1 Å². The van der Waals surface area contributed by atoms with Gasteiger partial charge in [-0.15, -0.1) is 0 Å². The number of hydrogen-bond acceptors (Lipinski definition) is 3. The van der Waals surface area contributed by atoms with Gasteiger partial charge in [-0.1, -0.05) is 18.6 Å². The van der Waals surface area contributed by atoms with Crippen molar-refractivity contribution in [1.29, 1.82) is 0 Å². The number of benzene rings is 1. The van der Waals surface area contributed by atoms with Gasteiger partial charge in [0.15, 0.2) is 5.78 Å². The van der Waals surface area contributed by atoms with Crippen LogP contribution in [0.2, 0.25) is 0 Å². The third-order valence-corrected chi connectivity index (χ3v) is 6.02. The van der Waals surface area contributed by atoms with Crippen molar-refractivity contribution in [3.63, 3.8) is 0 Å². The van der Waals surface area contributed by atoms with Crippen LogP contribution in [-0.2, 0) is 6.54 Å². The van der Waals surface area contributed by atoms with E-state index in [1.807, 2.05) is 11.1 Å². The Balaban J connectivity index is 1.48. The van der Waals surface area contributed by atoms with Crippen LogP contribution in [0.5, 0.6) is 0 Å². The van der Waals surface area contributed by atoms with E-state index in [0.29, 0.717) is 17.7 Å². The number of aromatic nitrogens is 2. The molecular formula is C22H27N3O2. The van der Waals surface area contributed by atoms with Gasteiger partial charge >= 0.3 is 0 Å². The van der Waals surface area contributed by atoms with Gasteiger partial charge in [-0.25, -0.2) is 4.98 Å². The van der Waals surface area contributed by atoms with E-state index in [-0.39, 0.29) is 17.6 Å². The van der Waals surface area contributed by atoms with Crippen molar-refractivity contribution in [3.8, 4) is 0 Å². The number of carbonyl (C=O) groups excluding carboxylic acids is 2. The van der Waals surface area contributed by atoms with Gasteiger partial charge in [-0.05, 0) is 50.7 Å². The molecule has 2 fully saturated rings. The molecule has 0 bridgehead atoms. The van der Waals surface area contributed by atoms with Gasteiger partial charge in [-0.2, -0.15) is 0 Å². The van der Waals surface area contributed by atoms with Crippen LogP contribution in [0.4, 0.5) is 0 Å². The zero-order valence-electron chi connectivity index (χ0n) is 15.9. The number of hydrogen-bond donors (Lipinski definition) is 0. The zero-order valence-corrected chi connectivity index (χ0v) is 15.9. The molecule has 1 aromatic heterocycles. The predicted octanol–water partition coefficient (Wildman–Crippen LogP) is 3.91. The van der Waals surface area contributed by atoms with E-state index in [1.54, 1.807) is 24.3 Å². The quantitative estimate of drug-likeness (QED) is 0.755. The van der Waals surface area contributed by atoms with Crippen molar-refractivity contribution < 1.29 is 9.59 Å². The highest BCUT2D eigenvalue weighted by Crippen LogP contribution is 2.31. The lowest BCUT2D eigenvalue weighted by atomic mass is 9.85. The smallest absolute Gasteiger partial charge is 0.253 e. The van der Waals surface area contributed by atoms with Crippen molar-refractivity contribution >= 4 is 11.7 Å². The first-order valence-corrected chi connectivity index (χ1v) is 10.0. The third kappa shape index (κ3) is 3.82. The Labute approximate surface area is 160 Å². The molecule has 1 unspecified atom stereocenters. The minimum Gasteiger partial charge on any atom is -0.338 e. The second-order valence-electron chi connectivity index (χ2n) is 7.96. The van der Waals surface area contributed by atoms with Gasteiger partial charge in [0.05, 0.1) is 0 Å². The Morgan fingerprint density at radius 1 is 1.15 bits per heavy atom. The fraction of sp³-hybridized carbons (Fsp3) is 0.500. The number of amides is 1. The summed E-state index contributed by atoms with van der Waals surface area (Å²) >= 11 is 0. The average molecular weight is 365 g/mol. The van der Waals surface area contributed by atoms with Crippen LogP contribution >= 0.6 is 0 Å². The van der Waals surface area contributed by atoms with Crippen molar-refractivity contribution in [1.82, 2.24) is 14.5 Å². The van der Waals surface area contributed by atoms with Gasteiger partial charge < -0.3 is 9.47 Å². The average Bonchev–Trinajstić information content (AvgIpc) is 3.12. The summed E-state index contributed by atoms with van der Waals surface area (Å²) in [4.78, 5) is 31.2. The van der Waals surface area contributed by atoms with Gasteiger partial charge in [0, 0.05) is 49.1 Å². The molecule has 1 amide bonds. The SMILES string of the molecule is CC(=O)c1cccc(C(=O)N2CCCC(c3nccn3CC3CCC3)C2)c1. The molecule has 5 nitrogen and oxygen atoms in total. The molecule has 1 saturated heterocycles. The number of carbonyl (C=O) groups is 2. The molecule has 4 rings (SSSR count).